The van der Waals surface area contributed by atoms with Crippen LogP contribution in [0.5, 0.6) is 0 Å². The number of hydrogen-bond donors (Lipinski definition) is 0. The molecule has 0 aliphatic rings. The third-order valence-corrected chi connectivity index (χ3v) is 2.46. The van der Waals surface area contributed by atoms with Crippen LogP contribution in [-0.4, -0.2) is 11.7 Å². The molecule has 0 fully saturated rings. The van der Waals surface area contributed by atoms with Gasteiger partial charge in [-0.2, -0.15) is 0 Å². The molecule has 0 saturated heterocycles. The normalized spacial score (nSPS) is 10.3. The third-order valence-electron chi connectivity index (χ3n) is 1.97. The van der Waals surface area contributed by atoms with Gasteiger partial charge in [0.05, 0.1) is 12.1 Å². The van der Waals surface area contributed by atoms with Crippen LogP contribution < -0.4 is 0 Å². The summed E-state index contributed by atoms with van der Waals surface area (Å²) in [6.45, 7) is 7.17. The van der Waals surface area contributed by atoms with Gasteiger partial charge in [-0.1, -0.05) is 21.1 Å². The van der Waals surface area contributed by atoms with Gasteiger partial charge in [-0.3, -0.25) is 0 Å². The van der Waals surface area contributed by atoms with Crippen LogP contribution in [0.3, 0.4) is 0 Å². The molecular weight excluding hydrogens is 244 g/mol. The molecule has 3 nitrogen and oxygen atoms in total. The molecule has 1 aromatic carbocycles. The van der Waals surface area contributed by atoms with E-state index in [2.05, 4.69) is 25.9 Å². The molecule has 0 aliphatic heterocycles. The van der Waals surface area contributed by atoms with Gasteiger partial charge in [0.2, 0.25) is 6.54 Å². The molecule has 0 amide bonds. The lowest BCUT2D eigenvalue weighted by molar-refractivity contribution is 0.447. The van der Waals surface area contributed by atoms with Crippen LogP contribution in [0.15, 0.2) is 27.2 Å². The lowest BCUT2D eigenvalue weighted by Crippen LogP contribution is -1.87. The molecule has 0 spiro atoms. The lowest BCUT2D eigenvalue weighted by atomic mass is 10.2. The third kappa shape index (κ3) is 1.64. The van der Waals surface area contributed by atoms with Crippen molar-refractivity contribution in [2.75, 3.05) is 6.54 Å². The molecule has 4 heteroatoms. The van der Waals surface area contributed by atoms with E-state index in [0.717, 1.165) is 21.1 Å². The fourth-order valence-electron chi connectivity index (χ4n) is 1.30. The first-order chi connectivity index (χ1) is 6.81. The summed E-state index contributed by atoms with van der Waals surface area (Å²) in [5.41, 5.74) is 1.63. The standard InChI is InChI=1S/C10H7BrN2O/c1-12-5-4-9-8-6-7(11)2-3-10(8)14-13-9/h2-3,6H,4-5H2. The molecule has 1 heterocycles. The van der Waals surface area contributed by atoms with E-state index in [0.29, 0.717) is 13.0 Å². The number of aromatic nitrogens is 1. The van der Waals surface area contributed by atoms with Crippen LogP contribution in [0, 0.1) is 6.57 Å². The largest absolute Gasteiger partial charge is 0.356 e. The Morgan fingerprint density at radius 1 is 1.50 bits per heavy atom. The summed E-state index contributed by atoms with van der Waals surface area (Å²) >= 11 is 3.39. The fraction of sp³-hybridized carbons (Fsp3) is 0.200. The summed E-state index contributed by atoms with van der Waals surface area (Å²) in [4.78, 5) is 3.30. The summed E-state index contributed by atoms with van der Waals surface area (Å²) in [7, 11) is 0. The summed E-state index contributed by atoms with van der Waals surface area (Å²) in [6, 6.07) is 5.74. The van der Waals surface area contributed by atoms with Crippen LogP contribution in [0.2, 0.25) is 0 Å². The maximum absolute atomic E-state index is 6.71. The van der Waals surface area contributed by atoms with Gasteiger partial charge in [-0.25, -0.2) is 6.57 Å². The molecule has 0 saturated carbocycles. The van der Waals surface area contributed by atoms with Gasteiger partial charge in [0.25, 0.3) is 0 Å². The average Bonchev–Trinajstić information content (AvgIpc) is 2.57. The van der Waals surface area contributed by atoms with Crippen molar-refractivity contribution >= 4 is 26.9 Å². The van der Waals surface area contributed by atoms with Gasteiger partial charge in [-0.15, -0.1) is 0 Å². The van der Waals surface area contributed by atoms with Gasteiger partial charge in [-0.05, 0) is 18.2 Å². The van der Waals surface area contributed by atoms with E-state index < -0.39 is 0 Å². The Bertz CT molecular complexity index is 498. The fourth-order valence-corrected chi connectivity index (χ4v) is 1.66. The molecule has 70 valence electrons. The molecule has 0 radical (unpaired) electrons. The Balaban J connectivity index is 2.46. The second kappa shape index (κ2) is 3.81. The number of benzene rings is 1. The molecule has 0 unspecified atom stereocenters. The molecule has 0 N–H and O–H groups in total. The van der Waals surface area contributed by atoms with Crippen molar-refractivity contribution in [2.24, 2.45) is 0 Å². The minimum Gasteiger partial charge on any atom is -0.356 e. The van der Waals surface area contributed by atoms with E-state index in [1.54, 1.807) is 0 Å². The Kier molecular flexibility index (Phi) is 2.51. The zero-order valence-electron chi connectivity index (χ0n) is 7.33. The minimum absolute atomic E-state index is 0.453. The number of fused-ring (bicyclic) bond motifs is 1. The molecule has 1 aromatic heterocycles. The van der Waals surface area contributed by atoms with Crippen LogP contribution in [0.1, 0.15) is 5.69 Å². The van der Waals surface area contributed by atoms with Gasteiger partial charge in [0, 0.05) is 9.86 Å². The monoisotopic (exact) mass is 250 g/mol. The first kappa shape index (κ1) is 9.22. The molecule has 0 bridgehead atoms. The highest BCUT2D eigenvalue weighted by molar-refractivity contribution is 9.10. The van der Waals surface area contributed by atoms with Crippen molar-refractivity contribution in [1.82, 2.24) is 5.16 Å². The second-order valence-corrected chi connectivity index (χ2v) is 3.82. The molecule has 2 rings (SSSR count). The number of rotatable bonds is 2. The predicted octanol–water partition coefficient (Wildman–Crippen LogP) is 3.05. The summed E-state index contributed by atoms with van der Waals surface area (Å²) in [6.07, 6.45) is 0.646. The Morgan fingerprint density at radius 2 is 2.36 bits per heavy atom. The summed E-state index contributed by atoms with van der Waals surface area (Å²) in [5, 5.41) is 4.92. The van der Waals surface area contributed by atoms with Crippen LogP contribution in [0.25, 0.3) is 15.8 Å². The molecule has 0 aliphatic carbocycles. The Labute approximate surface area is 89.6 Å². The minimum atomic E-state index is 0.453. The first-order valence-corrected chi connectivity index (χ1v) is 4.97. The van der Waals surface area contributed by atoms with Crippen LogP contribution in [0.4, 0.5) is 0 Å². The predicted molar refractivity (Wildman–Crippen MR) is 56.9 cm³/mol. The highest BCUT2D eigenvalue weighted by atomic mass is 79.9. The van der Waals surface area contributed by atoms with Crippen molar-refractivity contribution in [3.8, 4) is 0 Å². The van der Waals surface area contributed by atoms with E-state index in [1.807, 2.05) is 18.2 Å². The smallest absolute Gasteiger partial charge is 0.220 e. The van der Waals surface area contributed by atoms with E-state index in [-0.39, 0.29) is 0 Å². The molecule has 2 aromatic rings. The van der Waals surface area contributed by atoms with Gasteiger partial charge < -0.3 is 9.37 Å². The number of hydrogen-bond acceptors (Lipinski definition) is 2. The highest BCUT2D eigenvalue weighted by Crippen LogP contribution is 2.23. The summed E-state index contributed by atoms with van der Waals surface area (Å²) < 4.78 is 6.12. The van der Waals surface area contributed by atoms with Crippen molar-refractivity contribution < 1.29 is 4.52 Å². The van der Waals surface area contributed by atoms with E-state index in [4.69, 9.17) is 11.1 Å². The molecule has 0 atom stereocenters. The van der Waals surface area contributed by atoms with Crippen molar-refractivity contribution in [2.45, 2.75) is 6.42 Å². The molecular formula is C10H7BrN2O. The zero-order chi connectivity index (χ0) is 9.97. The highest BCUT2D eigenvalue weighted by Gasteiger charge is 2.08. The van der Waals surface area contributed by atoms with Gasteiger partial charge in [0.15, 0.2) is 5.58 Å². The summed E-state index contributed by atoms with van der Waals surface area (Å²) in [5.74, 6) is 0. The van der Waals surface area contributed by atoms with Gasteiger partial charge >= 0.3 is 0 Å². The van der Waals surface area contributed by atoms with Crippen LogP contribution in [-0.2, 0) is 6.42 Å². The lowest BCUT2D eigenvalue weighted by Gasteiger charge is -1.90. The number of halogens is 1. The van der Waals surface area contributed by atoms with E-state index >= 15 is 0 Å². The van der Waals surface area contributed by atoms with E-state index in [9.17, 15) is 0 Å². The van der Waals surface area contributed by atoms with Crippen molar-refractivity contribution in [3.63, 3.8) is 0 Å². The average molecular weight is 251 g/mol. The topological polar surface area (TPSA) is 30.4 Å². The first-order valence-electron chi connectivity index (χ1n) is 4.18. The second-order valence-electron chi connectivity index (χ2n) is 2.90. The number of nitrogens with zero attached hydrogens (tertiary/aromatic N) is 2. The van der Waals surface area contributed by atoms with E-state index in [1.165, 1.54) is 0 Å². The van der Waals surface area contributed by atoms with Gasteiger partial charge in [0.1, 0.15) is 0 Å². The zero-order valence-corrected chi connectivity index (χ0v) is 8.91. The Morgan fingerprint density at radius 3 is 3.14 bits per heavy atom. The van der Waals surface area contributed by atoms with Crippen molar-refractivity contribution in [3.05, 3.63) is 39.8 Å². The quantitative estimate of drug-likeness (QED) is 0.768. The van der Waals surface area contributed by atoms with Crippen molar-refractivity contribution in [1.29, 1.82) is 0 Å². The van der Waals surface area contributed by atoms with Crippen LogP contribution >= 0.6 is 15.9 Å². The maximum Gasteiger partial charge on any atom is 0.220 e. The Hall–Kier alpha value is -1.34. The SMILES string of the molecule is [C-]#[N+]CCc1noc2ccc(Br)cc12. The maximum atomic E-state index is 6.71. The molecule has 14 heavy (non-hydrogen) atoms.